The third-order valence-electron chi connectivity index (χ3n) is 3.64. The Bertz CT molecular complexity index is 554. The summed E-state index contributed by atoms with van der Waals surface area (Å²) in [5.41, 5.74) is 0. The van der Waals surface area contributed by atoms with Gasteiger partial charge in [0.15, 0.2) is 0 Å². The quantitative estimate of drug-likeness (QED) is 0.933. The van der Waals surface area contributed by atoms with Crippen LogP contribution in [0.4, 0.5) is 4.79 Å². The number of nitrogens with zero attached hydrogens (tertiary/aromatic N) is 2. The molecule has 104 valence electrons. The highest BCUT2D eigenvalue weighted by Gasteiger charge is 2.30. The Morgan fingerprint density at radius 2 is 2.15 bits per heavy atom. The van der Waals surface area contributed by atoms with Crippen LogP contribution in [0.1, 0.15) is 25.3 Å². The number of hydrogen-bond acceptors (Lipinski definition) is 3. The summed E-state index contributed by atoms with van der Waals surface area (Å²) in [6.45, 7) is 0. The largest absolute Gasteiger partial charge is 0.412 e. The van der Waals surface area contributed by atoms with E-state index in [1.165, 1.54) is 0 Å². The molecular weight excluding hydrogens is 254 g/mol. The lowest BCUT2D eigenvalue weighted by Gasteiger charge is -2.21. The van der Waals surface area contributed by atoms with Gasteiger partial charge >= 0.3 is 6.09 Å². The van der Waals surface area contributed by atoms with E-state index in [0.717, 1.165) is 19.3 Å². The molecule has 1 fully saturated rings. The third kappa shape index (κ3) is 2.82. The number of benzene rings is 1. The summed E-state index contributed by atoms with van der Waals surface area (Å²) in [6, 6.07) is 9.46. The first-order valence-electron chi connectivity index (χ1n) is 6.84. The Hall–Kier alpha value is -2.30. The highest BCUT2D eigenvalue weighted by Crippen LogP contribution is 2.29. The molecule has 0 aliphatic heterocycles. The Kier molecular flexibility index (Phi) is 3.67. The predicted molar refractivity (Wildman–Crippen MR) is 74.5 cm³/mol. The lowest BCUT2D eigenvalue weighted by atomic mass is 10.2. The van der Waals surface area contributed by atoms with Gasteiger partial charge in [-0.15, -0.1) is 0 Å². The second-order valence-corrected chi connectivity index (χ2v) is 4.96. The molecule has 1 aromatic carbocycles. The number of amides is 1. The van der Waals surface area contributed by atoms with E-state index in [4.69, 9.17) is 4.74 Å². The zero-order valence-corrected chi connectivity index (χ0v) is 11.1. The van der Waals surface area contributed by atoms with Gasteiger partial charge in [0.25, 0.3) is 0 Å². The van der Waals surface area contributed by atoms with E-state index in [1.807, 2.05) is 24.4 Å². The van der Waals surface area contributed by atoms with Gasteiger partial charge in [0.2, 0.25) is 0 Å². The predicted octanol–water partition coefficient (Wildman–Crippen LogP) is 2.77. The first-order valence-corrected chi connectivity index (χ1v) is 6.84. The lowest BCUT2D eigenvalue weighted by Crippen LogP contribution is -2.39. The van der Waals surface area contributed by atoms with Crippen molar-refractivity contribution in [3.8, 4) is 5.75 Å². The Morgan fingerprint density at radius 1 is 1.30 bits per heavy atom. The lowest BCUT2D eigenvalue weighted by molar-refractivity contribution is 0.192. The third-order valence-corrected chi connectivity index (χ3v) is 3.64. The number of nitrogens with one attached hydrogen (secondary N) is 1. The van der Waals surface area contributed by atoms with Crippen molar-refractivity contribution < 1.29 is 9.53 Å². The van der Waals surface area contributed by atoms with Gasteiger partial charge < -0.3 is 14.6 Å². The second kappa shape index (κ2) is 5.77. The molecule has 1 heterocycles. The zero-order chi connectivity index (χ0) is 13.8. The van der Waals surface area contributed by atoms with Crippen molar-refractivity contribution >= 4 is 6.09 Å². The number of carbonyl (C=O) groups is 1. The van der Waals surface area contributed by atoms with Crippen molar-refractivity contribution in [2.75, 3.05) is 0 Å². The molecule has 2 atom stereocenters. The average Bonchev–Trinajstić information content (AvgIpc) is 3.10. The van der Waals surface area contributed by atoms with Gasteiger partial charge in [0.05, 0.1) is 18.4 Å². The van der Waals surface area contributed by atoms with E-state index in [0.29, 0.717) is 5.75 Å². The molecule has 2 unspecified atom stereocenters. The van der Waals surface area contributed by atoms with Crippen molar-refractivity contribution in [2.24, 2.45) is 0 Å². The second-order valence-electron chi connectivity index (χ2n) is 4.96. The zero-order valence-electron chi connectivity index (χ0n) is 11.1. The first kappa shape index (κ1) is 12.7. The molecule has 5 heteroatoms. The van der Waals surface area contributed by atoms with Gasteiger partial charge in [-0.3, -0.25) is 0 Å². The molecule has 1 N–H and O–H groups in total. The molecule has 1 aromatic heterocycles. The fraction of sp³-hybridized carbons (Fsp3) is 0.333. The molecule has 1 amide bonds. The fourth-order valence-electron chi connectivity index (χ4n) is 2.71. The summed E-state index contributed by atoms with van der Waals surface area (Å²) in [5, 5.41) is 2.96. The summed E-state index contributed by atoms with van der Waals surface area (Å²) in [4.78, 5) is 16.0. The number of rotatable bonds is 3. The van der Waals surface area contributed by atoms with Crippen molar-refractivity contribution in [1.29, 1.82) is 0 Å². The summed E-state index contributed by atoms with van der Waals surface area (Å²) in [5.74, 6) is 0.558. The van der Waals surface area contributed by atoms with Crippen LogP contribution < -0.4 is 10.1 Å². The van der Waals surface area contributed by atoms with Crippen LogP contribution >= 0.6 is 0 Å². The van der Waals surface area contributed by atoms with E-state index in [2.05, 4.69) is 14.9 Å². The molecule has 1 saturated carbocycles. The molecule has 0 radical (unpaired) electrons. The van der Waals surface area contributed by atoms with Crippen molar-refractivity contribution in [3.05, 3.63) is 49.1 Å². The van der Waals surface area contributed by atoms with Crippen LogP contribution in [0.5, 0.6) is 5.75 Å². The maximum Gasteiger partial charge on any atom is 0.412 e. The van der Waals surface area contributed by atoms with Crippen LogP contribution in [0, 0.1) is 0 Å². The van der Waals surface area contributed by atoms with Gasteiger partial charge in [-0.05, 0) is 31.4 Å². The number of carbonyl (C=O) groups excluding carboxylic acids is 1. The van der Waals surface area contributed by atoms with Crippen molar-refractivity contribution in [3.63, 3.8) is 0 Å². The molecule has 1 aliphatic carbocycles. The highest BCUT2D eigenvalue weighted by molar-refractivity contribution is 5.70. The Morgan fingerprint density at radius 3 is 2.90 bits per heavy atom. The highest BCUT2D eigenvalue weighted by atomic mass is 16.6. The molecule has 0 saturated heterocycles. The first-order chi connectivity index (χ1) is 9.83. The van der Waals surface area contributed by atoms with Crippen molar-refractivity contribution in [2.45, 2.75) is 31.3 Å². The van der Waals surface area contributed by atoms with Crippen LogP contribution in [0.3, 0.4) is 0 Å². The van der Waals surface area contributed by atoms with E-state index >= 15 is 0 Å². The van der Waals surface area contributed by atoms with Gasteiger partial charge in [-0.2, -0.15) is 0 Å². The van der Waals surface area contributed by atoms with Gasteiger partial charge in [0, 0.05) is 12.4 Å². The van der Waals surface area contributed by atoms with E-state index in [1.54, 1.807) is 24.7 Å². The monoisotopic (exact) mass is 271 g/mol. The number of aromatic nitrogens is 2. The number of ether oxygens (including phenoxy) is 1. The molecule has 5 nitrogen and oxygen atoms in total. The molecule has 3 rings (SSSR count). The molecular formula is C15H17N3O2. The van der Waals surface area contributed by atoms with E-state index in [9.17, 15) is 4.79 Å². The van der Waals surface area contributed by atoms with Crippen LogP contribution in [0.15, 0.2) is 49.1 Å². The smallest absolute Gasteiger partial charge is 0.410 e. The normalized spacial score (nSPS) is 21.6. The van der Waals surface area contributed by atoms with E-state index < -0.39 is 6.09 Å². The van der Waals surface area contributed by atoms with Gasteiger partial charge in [0.1, 0.15) is 5.75 Å². The minimum atomic E-state index is -0.395. The summed E-state index contributed by atoms with van der Waals surface area (Å²) in [6.07, 6.45) is 8.21. The fourth-order valence-corrected chi connectivity index (χ4v) is 2.71. The minimum Gasteiger partial charge on any atom is -0.410 e. The van der Waals surface area contributed by atoms with Crippen LogP contribution in [-0.2, 0) is 0 Å². The van der Waals surface area contributed by atoms with E-state index in [-0.39, 0.29) is 12.1 Å². The number of para-hydroxylation sites is 1. The molecule has 2 aromatic rings. The molecule has 20 heavy (non-hydrogen) atoms. The Labute approximate surface area is 117 Å². The topological polar surface area (TPSA) is 56.2 Å². The standard InChI is InChI=1S/C15H17N3O2/c19-15(20-12-5-2-1-3-6-12)17-13-7-4-8-14(13)18-10-9-16-11-18/h1-3,5-6,9-11,13-14H,4,7-8H2,(H,17,19). The number of imidazole rings is 1. The maximum absolute atomic E-state index is 11.9. The van der Waals surface area contributed by atoms with Gasteiger partial charge in [-0.1, -0.05) is 18.2 Å². The summed E-state index contributed by atoms with van der Waals surface area (Å²) >= 11 is 0. The molecule has 1 aliphatic rings. The average molecular weight is 271 g/mol. The van der Waals surface area contributed by atoms with Crippen LogP contribution in [0.2, 0.25) is 0 Å². The number of hydrogen-bond donors (Lipinski definition) is 1. The summed E-state index contributed by atoms with van der Waals surface area (Å²) < 4.78 is 7.32. The Balaban J connectivity index is 1.61. The van der Waals surface area contributed by atoms with Crippen LogP contribution in [-0.4, -0.2) is 21.7 Å². The van der Waals surface area contributed by atoms with Crippen molar-refractivity contribution in [1.82, 2.24) is 14.9 Å². The molecule has 0 bridgehead atoms. The SMILES string of the molecule is O=C(NC1CCCC1n1ccnc1)Oc1ccccc1. The summed E-state index contributed by atoms with van der Waals surface area (Å²) in [7, 11) is 0. The minimum absolute atomic E-state index is 0.0976. The maximum atomic E-state index is 11.9. The van der Waals surface area contributed by atoms with Crippen LogP contribution in [0.25, 0.3) is 0 Å². The van der Waals surface area contributed by atoms with Gasteiger partial charge in [-0.25, -0.2) is 9.78 Å². The molecule has 0 spiro atoms.